The van der Waals surface area contributed by atoms with Crippen LogP contribution in [0.4, 0.5) is 11.9 Å². The van der Waals surface area contributed by atoms with Crippen LogP contribution in [0.15, 0.2) is 0 Å². The molecule has 3 N–H and O–H groups in total. The summed E-state index contributed by atoms with van der Waals surface area (Å²) in [4.78, 5) is 42.1. The molecule has 1 aliphatic heterocycles. The molecule has 0 aliphatic carbocycles. The van der Waals surface area contributed by atoms with E-state index in [1.54, 1.807) is 0 Å². The SMILES string of the molecule is CCCCC[C@H](CN(O)C=O)C(=O)N(N)c1nc(C(C)C)nc(N2CCN(CC)CC2)n1. The van der Waals surface area contributed by atoms with E-state index in [1.165, 1.54) is 0 Å². The molecule has 11 heteroatoms. The van der Waals surface area contributed by atoms with E-state index in [9.17, 15) is 14.8 Å². The third-order valence-corrected chi connectivity index (χ3v) is 5.74. The van der Waals surface area contributed by atoms with Gasteiger partial charge >= 0.3 is 0 Å². The molecule has 32 heavy (non-hydrogen) atoms. The molecule has 2 amide bonds. The number of hydrogen-bond acceptors (Lipinski definition) is 9. The van der Waals surface area contributed by atoms with E-state index in [4.69, 9.17) is 5.84 Å². The summed E-state index contributed by atoms with van der Waals surface area (Å²) in [6.45, 7) is 12.4. The van der Waals surface area contributed by atoms with E-state index in [0.29, 0.717) is 23.3 Å². The van der Waals surface area contributed by atoms with Crippen molar-refractivity contribution in [1.82, 2.24) is 24.9 Å². The molecular formula is C21H38N8O3. The molecule has 0 aromatic carbocycles. The van der Waals surface area contributed by atoms with E-state index in [-0.39, 0.29) is 24.8 Å². The quantitative estimate of drug-likeness (QED) is 0.121. The number of hydrazine groups is 1. The number of amides is 2. The molecule has 1 aromatic rings. The summed E-state index contributed by atoms with van der Waals surface area (Å²) in [6.07, 6.45) is 3.50. The lowest BCUT2D eigenvalue weighted by Gasteiger charge is -2.34. The van der Waals surface area contributed by atoms with E-state index in [0.717, 1.165) is 57.0 Å². The number of likely N-dealkylation sites (N-methyl/N-ethyl adjacent to an activating group) is 1. The highest BCUT2D eigenvalue weighted by molar-refractivity contribution is 5.92. The number of nitrogens with zero attached hydrogens (tertiary/aromatic N) is 7. The van der Waals surface area contributed by atoms with Gasteiger partial charge in [-0.25, -0.2) is 15.9 Å². The third-order valence-electron chi connectivity index (χ3n) is 5.74. The Bertz CT molecular complexity index is 740. The minimum Gasteiger partial charge on any atom is -0.338 e. The molecule has 1 saturated heterocycles. The van der Waals surface area contributed by atoms with Crippen LogP contribution in [-0.4, -0.2) is 81.7 Å². The van der Waals surface area contributed by atoms with Crippen LogP contribution in [0.5, 0.6) is 0 Å². The molecular weight excluding hydrogens is 412 g/mol. The molecule has 1 fully saturated rings. The highest BCUT2D eigenvalue weighted by Crippen LogP contribution is 2.21. The monoisotopic (exact) mass is 450 g/mol. The molecule has 2 heterocycles. The number of carbonyl (C=O) groups excluding carboxylic acids is 2. The zero-order valence-electron chi connectivity index (χ0n) is 19.8. The van der Waals surface area contributed by atoms with Gasteiger partial charge in [-0.15, -0.1) is 0 Å². The van der Waals surface area contributed by atoms with Gasteiger partial charge in [0.25, 0.3) is 5.95 Å². The first kappa shape index (κ1) is 25.9. The van der Waals surface area contributed by atoms with Crippen molar-refractivity contribution in [3.05, 3.63) is 5.82 Å². The first-order valence-corrected chi connectivity index (χ1v) is 11.5. The second-order valence-corrected chi connectivity index (χ2v) is 8.50. The van der Waals surface area contributed by atoms with Crippen molar-refractivity contribution >= 4 is 24.2 Å². The minimum atomic E-state index is -0.655. The molecule has 11 nitrogen and oxygen atoms in total. The van der Waals surface area contributed by atoms with Crippen molar-refractivity contribution in [3.63, 3.8) is 0 Å². The summed E-state index contributed by atoms with van der Waals surface area (Å²) in [5.74, 6) is 6.27. The maximum absolute atomic E-state index is 13.2. The van der Waals surface area contributed by atoms with E-state index in [1.807, 2.05) is 13.8 Å². The van der Waals surface area contributed by atoms with Gasteiger partial charge in [-0.3, -0.25) is 14.8 Å². The second kappa shape index (κ2) is 12.6. The van der Waals surface area contributed by atoms with E-state index >= 15 is 0 Å². The highest BCUT2D eigenvalue weighted by atomic mass is 16.5. The normalized spacial score (nSPS) is 15.7. The van der Waals surface area contributed by atoms with Gasteiger partial charge in [0.1, 0.15) is 5.82 Å². The zero-order chi connectivity index (χ0) is 23.7. The fourth-order valence-corrected chi connectivity index (χ4v) is 3.64. The molecule has 1 atom stereocenters. The fourth-order valence-electron chi connectivity index (χ4n) is 3.64. The van der Waals surface area contributed by atoms with Gasteiger partial charge in [0.05, 0.1) is 12.5 Å². The van der Waals surface area contributed by atoms with Crippen LogP contribution < -0.4 is 15.8 Å². The number of unbranched alkanes of at least 4 members (excludes halogenated alkanes) is 2. The molecule has 0 bridgehead atoms. The molecule has 2 rings (SSSR count). The van der Waals surface area contributed by atoms with Crippen LogP contribution in [0, 0.1) is 5.92 Å². The first-order valence-electron chi connectivity index (χ1n) is 11.5. The van der Waals surface area contributed by atoms with Crippen LogP contribution in [0.25, 0.3) is 0 Å². The lowest BCUT2D eigenvalue weighted by molar-refractivity contribution is -0.154. The van der Waals surface area contributed by atoms with E-state index < -0.39 is 11.8 Å². The number of hydrogen-bond donors (Lipinski definition) is 2. The van der Waals surface area contributed by atoms with Crippen LogP contribution in [0.2, 0.25) is 0 Å². The van der Waals surface area contributed by atoms with Gasteiger partial charge in [-0.05, 0) is 13.0 Å². The molecule has 0 spiro atoms. The van der Waals surface area contributed by atoms with Gasteiger partial charge in [-0.1, -0.05) is 47.0 Å². The highest BCUT2D eigenvalue weighted by Gasteiger charge is 2.28. The summed E-state index contributed by atoms with van der Waals surface area (Å²) >= 11 is 0. The van der Waals surface area contributed by atoms with Crippen molar-refractivity contribution in [2.45, 2.75) is 59.3 Å². The average molecular weight is 451 g/mol. The topological polar surface area (TPSA) is 132 Å². The van der Waals surface area contributed by atoms with E-state index in [2.05, 4.69) is 38.6 Å². The van der Waals surface area contributed by atoms with Gasteiger partial charge < -0.3 is 9.80 Å². The predicted octanol–water partition coefficient (Wildman–Crippen LogP) is 1.39. The van der Waals surface area contributed by atoms with Crippen LogP contribution >= 0.6 is 0 Å². The third kappa shape index (κ3) is 7.07. The van der Waals surface area contributed by atoms with Crippen molar-refractivity contribution in [2.24, 2.45) is 11.8 Å². The van der Waals surface area contributed by atoms with Crippen LogP contribution in [-0.2, 0) is 9.59 Å². The Morgan fingerprint density at radius 1 is 1.16 bits per heavy atom. The summed E-state index contributed by atoms with van der Waals surface area (Å²) in [5, 5.41) is 11.1. The lowest BCUT2D eigenvalue weighted by atomic mass is 10.00. The number of aromatic nitrogens is 3. The standard InChI is InChI=1S/C21H38N8O3/c1-5-7-8-9-17(14-28(32)15-30)19(31)29(22)21-24-18(16(3)4)23-20(25-21)27-12-10-26(6-2)11-13-27/h15-17,32H,5-14,22H2,1-4H3/t17-/m1/s1. The lowest BCUT2D eigenvalue weighted by Crippen LogP contribution is -2.48. The first-order chi connectivity index (χ1) is 15.3. The number of anilines is 2. The Morgan fingerprint density at radius 3 is 2.41 bits per heavy atom. The largest absolute Gasteiger partial charge is 0.338 e. The molecule has 1 aliphatic rings. The number of piperazine rings is 1. The predicted molar refractivity (Wildman–Crippen MR) is 122 cm³/mol. The van der Waals surface area contributed by atoms with Gasteiger partial charge in [-0.2, -0.15) is 15.0 Å². The Balaban J connectivity index is 2.26. The van der Waals surface area contributed by atoms with Crippen LogP contribution in [0.3, 0.4) is 0 Å². The fraction of sp³-hybridized carbons (Fsp3) is 0.762. The molecule has 0 unspecified atom stereocenters. The molecule has 1 aromatic heterocycles. The molecule has 0 saturated carbocycles. The number of rotatable bonds is 12. The maximum atomic E-state index is 13.2. The van der Waals surface area contributed by atoms with Gasteiger partial charge in [0, 0.05) is 32.1 Å². The number of hydroxylamine groups is 2. The van der Waals surface area contributed by atoms with Gasteiger partial charge in [0.2, 0.25) is 18.3 Å². The smallest absolute Gasteiger partial charge is 0.252 e. The Morgan fingerprint density at radius 2 is 1.84 bits per heavy atom. The van der Waals surface area contributed by atoms with Crippen molar-refractivity contribution in [2.75, 3.05) is 49.2 Å². The number of carbonyl (C=O) groups is 2. The van der Waals surface area contributed by atoms with Gasteiger partial charge in [0.15, 0.2) is 0 Å². The molecule has 0 radical (unpaired) electrons. The van der Waals surface area contributed by atoms with Crippen molar-refractivity contribution in [1.29, 1.82) is 0 Å². The molecule has 180 valence electrons. The minimum absolute atomic E-state index is 0.0271. The Labute approximate surface area is 190 Å². The Kier molecular flexibility index (Phi) is 10.2. The summed E-state index contributed by atoms with van der Waals surface area (Å²) in [7, 11) is 0. The average Bonchev–Trinajstić information content (AvgIpc) is 2.82. The number of nitrogens with two attached hydrogens (primary N) is 1. The maximum Gasteiger partial charge on any atom is 0.252 e. The summed E-state index contributed by atoms with van der Waals surface area (Å²) < 4.78 is 0. The van der Waals surface area contributed by atoms with Crippen LogP contribution in [0.1, 0.15) is 65.1 Å². The van der Waals surface area contributed by atoms with Crippen molar-refractivity contribution in [3.8, 4) is 0 Å². The summed E-state index contributed by atoms with van der Waals surface area (Å²) in [5.41, 5.74) is 0. The Hall–Kier alpha value is -2.37. The van der Waals surface area contributed by atoms with Crippen molar-refractivity contribution < 1.29 is 14.8 Å². The summed E-state index contributed by atoms with van der Waals surface area (Å²) in [6, 6.07) is 0. The zero-order valence-corrected chi connectivity index (χ0v) is 19.8. The second-order valence-electron chi connectivity index (χ2n) is 8.50.